The van der Waals surface area contributed by atoms with Gasteiger partial charge in [-0.05, 0) is 13.8 Å². The first kappa shape index (κ1) is 11.7. The first-order chi connectivity index (χ1) is 5.66. The van der Waals surface area contributed by atoms with Gasteiger partial charge < -0.3 is 5.11 Å². The minimum absolute atomic E-state index is 0.135. The lowest BCUT2D eigenvalue weighted by Gasteiger charge is -2.22. The Balaban J connectivity index is 5.26. The molecule has 6 nitrogen and oxygen atoms in total. The molecule has 0 saturated heterocycles. The van der Waals surface area contributed by atoms with Gasteiger partial charge >= 0.3 is 6.09 Å². The summed E-state index contributed by atoms with van der Waals surface area (Å²) in [5, 5.41) is 16.9. The monoisotopic (exact) mass is 206 g/mol. The van der Waals surface area contributed by atoms with E-state index >= 15 is 0 Å². The summed E-state index contributed by atoms with van der Waals surface area (Å²) in [6.07, 6.45) is -1.61. The number of carbonyl (C=O) groups is 1. The van der Waals surface area contributed by atoms with Crippen molar-refractivity contribution >= 4 is 16.1 Å². The first-order valence-electron chi connectivity index (χ1n) is 3.29. The van der Waals surface area contributed by atoms with E-state index in [0.717, 1.165) is 20.9 Å². The molecule has 0 aromatic heterocycles. The van der Waals surface area contributed by atoms with Gasteiger partial charge in [-0.15, -0.1) is 0 Å². The maximum atomic E-state index is 11.3. The van der Waals surface area contributed by atoms with Gasteiger partial charge in [0.05, 0.1) is 6.07 Å². The molecule has 0 aromatic rings. The van der Waals surface area contributed by atoms with Gasteiger partial charge in [0.15, 0.2) is 4.75 Å². The van der Waals surface area contributed by atoms with E-state index < -0.39 is 20.9 Å². The molecule has 74 valence electrons. The Hall–Kier alpha value is -1.29. The van der Waals surface area contributed by atoms with E-state index in [0.29, 0.717) is 0 Å². The molecule has 0 bridgehead atoms. The van der Waals surface area contributed by atoms with Crippen LogP contribution in [0.3, 0.4) is 0 Å². The van der Waals surface area contributed by atoms with Crippen LogP contribution in [-0.2, 0) is 10.0 Å². The van der Waals surface area contributed by atoms with Gasteiger partial charge in [-0.3, -0.25) is 0 Å². The van der Waals surface area contributed by atoms with Crippen molar-refractivity contribution < 1.29 is 18.3 Å². The molecule has 0 heterocycles. The SMILES string of the molecule is CN(C(=O)O)S(=O)(=O)C(C)(C)C#N. The number of nitriles is 1. The average molecular weight is 206 g/mol. The maximum Gasteiger partial charge on any atom is 0.420 e. The standard InChI is InChI=1S/C6H10N2O4S/c1-6(2,4-7)13(11,12)8(3)5(9)10/h1-3H3,(H,9,10). The fourth-order valence-corrected chi connectivity index (χ4v) is 1.51. The molecule has 13 heavy (non-hydrogen) atoms. The van der Waals surface area contributed by atoms with Crippen LogP contribution in [0.1, 0.15) is 13.8 Å². The molecule has 0 aliphatic carbocycles. The molecule has 7 heteroatoms. The van der Waals surface area contributed by atoms with E-state index in [9.17, 15) is 13.2 Å². The molecular weight excluding hydrogens is 196 g/mol. The summed E-state index contributed by atoms with van der Waals surface area (Å²) in [6.45, 7) is 2.28. The van der Waals surface area contributed by atoms with Crippen molar-refractivity contribution in [2.24, 2.45) is 0 Å². The summed E-state index contributed by atoms with van der Waals surface area (Å²) in [4.78, 5) is 10.3. The molecule has 0 aromatic carbocycles. The van der Waals surface area contributed by atoms with Crippen molar-refractivity contribution in [3.63, 3.8) is 0 Å². The lowest BCUT2D eigenvalue weighted by Crippen LogP contribution is -2.44. The molecule has 0 radical (unpaired) electrons. The Morgan fingerprint density at radius 3 is 2.15 bits per heavy atom. The maximum absolute atomic E-state index is 11.3. The van der Waals surface area contributed by atoms with E-state index in [1.807, 2.05) is 0 Å². The van der Waals surface area contributed by atoms with Crippen LogP contribution >= 0.6 is 0 Å². The third-order valence-electron chi connectivity index (χ3n) is 1.54. The highest BCUT2D eigenvalue weighted by molar-refractivity contribution is 7.91. The fourth-order valence-electron chi connectivity index (χ4n) is 0.503. The molecule has 1 N–H and O–H groups in total. The van der Waals surface area contributed by atoms with Crippen molar-refractivity contribution in [1.29, 1.82) is 5.26 Å². The van der Waals surface area contributed by atoms with Crippen LogP contribution in [0, 0.1) is 11.3 Å². The zero-order valence-electron chi connectivity index (χ0n) is 7.47. The van der Waals surface area contributed by atoms with Crippen molar-refractivity contribution in [3.05, 3.63) is 0 Å². The van der Waals surface area contributed by atoms with Gasteiger partial charge in [-0.2, -0.15) is 5.26 Å². The molecular formula is C6H10N2O4S. The second kappa shape index (κ2) is 3.22. The summed E-state index contributed by atoms with van der Waals surface area (Å²) >= 11 is 0. The number of sulfonamides is 1. The number of nitrogens with zero attached hydrogens (tertiary/aromatic N) is 2. The van der Waals surface area contributed by atoms with E-state index in [1.165, 1.54) is 6.07 Å². The number of hydrogen-bond donors (Lipinski definition) is 1. The van der Waals surface area contributed by atoms with Gasteiger partial charge in [-0.25, -0.2) is 17.5 Å². The quantitative estimate of drug-likeness (QED) is 0.697. The normalized spacial score (nSPS) is 11.8. The molecule has 0 aliphatic heterocycles. The third kappa shape index (κ3) is 1.89. The van der Waals surface area contributed by atoms with E-state index in [-0.39, 0.29) is 4.31 Å². The van der Waals surface area contributed by atoms with Gasteiger partial charge in [0, 0.05) is 7.05 Å². The molecule has 1 amide bonds. The van der Waals surface area contributed by atoms with Crippen LogP contribution in [0.2, 0.25) is 0 Å². The largest absolute Gasteiger partial charge is 0.464 e. The van der Waals surface area contributed by atoms with Crippen molar-refractivity contribution in [2.45, 2.75) is 18.6 Å². The minimum Gasteiger partial charge on any atom is -0.464 e. The van der Waals surface area contributed by atoms with E-state index in [2.05, 4.69) is 0 Å². The fraction of sp³-hybridized carbons (Fsp3) is 0.667. The van der Waals surface area contributed by atoms with Gasteiger partial charge in [0.1, 0.15) is 0 Å². The predicted molar refractivity (Wildman–Crippen MR) is 44.4 cm³/mol. The molecule has 0 unspecified atom stereocenters. The second-order valence-electron chi connectivity index (χ2n) is 2.88. The van der Waals surface area contributed by atoms with E-state index in [1.54, 1.807) is 0 Å². The van der Waals surface area contributed by atoms with Crippen LogP contribution in [-0.4, -0.2) is 35.7 Å². The zero-order chi connectivity index (χ0) is 10.9. The summed E-state index contributed by atoms with van der Waals surface area (Å²) in [5.74, 6) is 0. The number of hydrogen-bond acceptors (Lipinski definition) is 4. The molecule has 0 spiro atoms. The van der Waals surface area contributed by atoms with Crippen molar-refractivity contribution in [2.75, 3.05) is 7.05 Å². The van der Waals surface area contributed by atoms with Crippen LogP contribution in [0.25, 0.3) is 0 Å². The Labute approximate surface area is 76.4 Å². The summed E-state index contributed by atoms with van der Waals surface area (Å²) < 4.78 is 21.1. The van der Waals surface area contributed by atoms with Crippen LogP contribution in [0.5, 0.6) is 0 Å². The molecule has 0 aliphatic rings. The molecule has 0 fully saturated rings. The lowest BCUT2D eigenvalue weighted by molar-refractivity contribution is 0.177. The Kier molecular flexibility index (Phi) is 2.90. The highest BCUT2D eigenvalue weighted by atomic mass is 32.2. The summed E-state index contributed by atoms with van der Waals surface area (Å²) in [7, 11) is -3.23. The Bertz CT molecular complexity index is 351. The highest BCUT2D eigenvalue weighted by Gasteiger charge is 2.40. The van der Waals surface area contributed by atoms with Gasteiger partial charge in [0.2, 0.25) is 0 Å². The number of carboxylic acid groups (broad SMARTS) is 1. The first-order valence-corrected chi connectivity index (χ1v) is 4.73. The van der Waals surface area contributed by atoms with Crippen molar-refractivity contribution in [3.8, 4) is 6.07 Å². The second-order valence-corrected chi connectivity index (χ2v) is 5.40. The van der Waals surface area contributed by atoms with Crippen LogP contribution in [0.4, 0.5) is 4.79 Å². The lowest BCUT2D eigenvalue weighted by atomic mass is 10.2. The minimum atomic E-state index is -4.12. The zero-order valence-corrected chi connectivity index (χ0v) is 8.29. The number of amides is 1. The molecule has 0 saturated carbocycles. The van der Waals surface area contributed by atoms with Crippen LogP contribution < -0.4 is 0 Å². The summed E-state index contributed by atoms with van der Waals surface area (Å²) in [6, 6.07) is 1.52. The smallest absolute Gasteiger partial charge is 0.420 e. The topological polar surface area (TPSA) is 98.5 Å². The number of rotatable bonds is 2. The molecule has 0 rings (SSSR count). The molecule has 0 atom stereocenters. The predicted octanol–water partition coefficient (Wildman–Crippen LogP) is 0.228. The van der Waals surface area contributed by atoms with Gasteiger partial charge in [0.25, 0.3) is 10.0 Å². The van der Waals surface area contributed by atoms with E-state index in [4.69, 9.17) is 10.4 Å². The third-order valence-corrected chi connectivity index (χ3v) is 3.80. The van der Waals surface area contributed by atoms with Crippen molar-refractivity contribution in [1.82, 2.24) is 4.31 Å². The van der Waals surface area contributed by atoms with Gasteiger partial charge in [-0.1, -0.05) is 0 Å². The Morgan fingerprint density at radius 1 is 1.54 bits per heavy atom. The van der Waals surface area contributed by atoms with Crippen LogP contribution in [0.15, 0.2) is 0 Å². The highest BCUT2D eigenvalue weighted by Crippen LogP contribution is 2.18. The summed E-state index contributed by atoms with van der Waals surface area (Å²) in [5.41, 5.74) is 0. The average Bonchev–Trinajstić information content (AvgIpc) is 2.02. The Morgan fingerprint density at radius 2 is 1.92 bits per heavy atom.